The van der Waals surface area contributed by atoms with Gasteiger partial charge in [0.05, 0.1) is 22.0 Å². The quantitative estimate of drug-likeness (QED) is 0.305. The summed E-state index contributed by atoms with van der Waals surface area (Å²) >= 11 is 13.9. The second-order valence-corrected chi connectivity index (χ2v) is 10.7. The maximum atomic E-state index is 13.8. The highest BCUT2D eigenvalue weighted by Crippen LogP contribution is 2.38. The minimum Gasteiger partial charge on any atom is -0.294 e. The van der Waals surface area contributed by atoms with Crippen molar-refractivity contribution in [3.05, 3.63) is 91.6 Å². The second-order valence-electron chi connectivity index (χ2n) is 9.00. The van der Waals surface area contributed by atoms with Crippen LogP contribution < -0.4 is 5.56 Å². The van der Waals surface area contributed by atoms with E-state index in [1.165, 1.54) is 11.3 Å². The Kier molecular flexibility index (Phi) is 5.52. The van der Waals surface area contributed by atoms with Crippen LogP contribution in [-0.4, -0.2) is 15.3 Å². The number of aromatic nitrogens is 2. The highest BCUT2D eigenvalue weighted by atomic mass is 35.5. The average molecular weight is 495 g/mol. The third-order valence-corrected chi connectivity index (χ3v) is 7.30. The zero-order valence-corrected chi connectivity index (χ0v) is 20.4. The summed E-state index contributed by atoms with van der Waals surface area (Å²) in [7, 11) is 0. The number of hydrogen-bond donors (Lipinski definition) is 0. The Labute approximate surface area is 205 Å². The van der Waals surface area contributed by atoms with Crippen LogP contribution in [0.5, 0.6) is 0 Å². The predicted octanol–water partition coefficient (Wildman–Crippen LogP) is 7.09. The molecule has 166 valence electrons. The number of hydrogen-bond acceptors (Lipinski definition) is 4. The number of carbonyl (C=O) groups is 1. The van der Waals surface area contributed by atoms with Crippen LogP contribution in [0.4, 0.5) is 0 Å². The number of halogens is 2. The van der Waals surface area contributed by atoms with Gasteiger partial charge in [0.25, 0.3) is 5.56 Å². The number of para-hydroxylation sites is 1. The molecule has 0 radical (unpaired) electrons. The van der Waals surface area contributed by atoms with E-state index in [0.717, 1.165) is 11.3 Å². The van der Waals surface area contributed by atoms with Crippen molar-refractivity contribution in [3.8, 4) is 27.5 Å². The van der Waals surface area contributed by atoms with E-state index in [0.29, 0.717) is 50.4 Å². The van der Waals surface area contributed by atoms with E-state index >= 15 is 0 Å². The fraction of sp³-hybridized carbons (Fsp3) is 0.192. The number of carbonyl (C=O) groups excluding carboxylic acids is 1. The molecule has 2 aromatic heterocycles. The summed E-state index contributed by atoms with van der Waals surface area (Å²) in [5.41, 5.74) is 3.41. The summed E-state index contributed by atoms with van der Waals surface area (Å²) in [5, 5.41) is 3.57. The molecular weight excluding hydrogens is 475 g/mol. The van der Waals surface area contributed by atoms with Gasteiger partial charge < -0.3 is 0 Å². The summed E-state index contributed by atoms with van der Waals surface area (Å²) < 4.78 is 1.61. The van der Waals surface area contributed by atoms with Gasteiger partial charge in [-0.1, -0.05) is 61.3 Å². The normalized spacial score (nSPS) is 14.8. The van der Waals surface area contributed by atoms with Crippen LogP contribution in [0.3, 0.4) is 0 Å². The molecule has 0 amide bonds. The van der Waals surface area contributed by atoms with Crippen molar-refractivity contribution >= 4 is 40.3 Å². The molecule has 1 aliphatic carbocycles. The Balaban J connectivity index is 1.74. The van der Waals surface area contributed by atoms with Crippen molar-refractivity contribution in [2.24, 2.45) is 5.41 Å². The molecule has 5 rings (SSSR count). The van der Waals surface area contributed by atoms with Gasteiger partial charge in [-0.05, 0) is 42.2 Å². The number of fused-ring (bicyclic) bond motifs is 1. The van der Waals surface area contributed by atoms with Crippen LogP contribution in [-0.2, 0) is 6.42 Å². The van der Waals surface area contributed by atoms with Gasteiger partial charge in [0.15, 0.2) is 5.78 Å². The predicted molar refractivity (Wildman–Crippen MR) is 135 cm³/mol. The first-order valence-corrected chi connectivity index (χ1v) is 12.2. The molecular formula is C26H20Cl2N2O2S. The minimum absolute atomic E-state index is 0.0257. The topological polar surface area (TPSA) is 52.0 Å². The molecule has 0 N–H and O–H groups in total. The fourth-order valence-corrected chi connectivity index (χ4v) is 5.49. The number of benzene rings is 2. The number of ketones is 1. The molecule has 0 unspecified atom stereocenters. The van der Waals surface area contributed by atoms with Gasteiger partial charge >= 0.3 is 0 Å². The Morgan fingerprint density at radius 3 is 2.42 bits per heavy atom. The molecule has 4 nitrogen and oxygen atoms in total. The van der Waals surface area contributed by atoms with E-state index in [9.17, 15) is 9.59 Å². The Hall–Kier alpha value is -2.73. The Morgan fingerprint density at radius 1 is 0.970 bits per heavy atom. The van der Waals surface area contributed by atoms with Crippen LogP contribution in [0.25, 0.3) is 27.5 Å². The number of nitrogens with zero attached hydrogens (tertiary/aromatic N) is 2. The monoisotopic (exact) mass is 494 g/mol. The number of pyridine rings is 1. The van der Waals surface area contributed by atoms with Crippen LogP contribution >= 0.6 is 34.5 Å². The van der Waals surface area contributed by atoms with E-state index in [4.69, 9.17) is 28.2 Å². The Morgan fingerprint density at radius 2 is 1.70 bits per heavy atom. The smallest absolute Gasteiger partial charge is 0.265 e. The van der Waals surface area contributed by atoms with E-state index in [-0.39, 0.29) is 16.8 Å². The van der Waals surface area contributed by atoms with E-state index in [1.807, 2.05) is 43.5 Å². The molecule has 33 heavy (non-hydrogen) atoms. The molecule has 0 atom stereocenters. The van der Waals surface area contributed by atoms with Crippen molar-refractivity contribution < 1.29 is 4.79 Å². The SMILES string of the molecule is CC1(C)CC(=O)c2cc(-c3nc(-c4ccc(Cl)cc4)cs3)c(=O)n(-c3ccccc3Cl)c2C1. The lowest BCUT2D eigenvalue weighted by Gasteiger charge is -2.32. The molecule has 1 aliphatic rings. The first-order valence-electron chi connectivity index (χ1n) is 10.5. The summed E-state index contributed by atoms with van der Waals surface area (Å²) in [5.74, 6) is 0.0257. The third kappa shape index (κ3) is 4.05. The zero-order chi connectivity index (χ0) is 23.3. The van der Waals surface area contributed by atoms with Crippen molar-refractivity contribution in [1.82, 2.24) is 9.55 Å². The maximum Gasteiger partial charge on any atom is 0.265 e. The molecule has 2 aromatic carbocycles. The molecule has 0 saturated heterocycles. The van der Waals surface area contributed by atoms with Gasteiger partial charge in [-0.3, -0.25) is 14.2 Å². The van der Waals surface area contributed by atoms with Crippen molar-refractivity contribution in [3.63, 3.8) is 0 Å². The molecule has 0 aliphatic heterocycles. The molecule has 2 heterocycles. The van der Waals surface area contributed by atoms with Gasteiger partial charge in [-0.2, -0.15) is 0 Å². The summed E-state index contributed by atoms with van der Waals surface area (Å²) in [6, 6.07) is 16.3. The maximum absolute atomic E-state index is 13.8. The summed E-state index contributed by atoms with van der Waals surface area (Å²) in [6.45, 7) is 4.09. The highest BCUT2D eigenvalue weighted by molar-refractivity contribution is 7.13. The summed E-state index contributed by atoms with van der Waals surface area (Å²) in [6.07, 6.45) is 1.02. The average Bonchev–Trinajstić information content (AvgIpc) is 3.24. The van der Waals surface area contributed by atoms with Gasteiger partial charge in [0.1, 0.15) is 5.01 Å². The lowest BCUT2D eigenvalue weighted by molar-refractivity contribution is 0.0909. The lowest BCUT2D eigenvalue weighted by atomic mass is 9.75. The van der Waals surface area contributed by atoms with Crippen LogP contribution in [0.2, 0.25) is 10.0 Å². The summed E-state index contributed by atoms with van der Waals surface area (Å²) in [4.78, 5) is 31.7. The van der Waals surface area contributed by atoms with Crippen LogP contribution in [0.15, 0.2) is 64.8 Å². The molecule has 0 saturated carbocycles. The van der Waals surface area contributed by atoms with E-state index < -0.39 is 0 Å². The van der Waals surface area contributed by atoms with Crippen LogP contribution in [0.1, 0.15) is 36.3 Å². The zero-order valence-electron chi connectivity index (χ0n) is 18.1. The molecule has 0 spiro atoms. The standard InChI is InChI=1S/C26H20Cl2N2O2S/c1-26(2)12-22-17(23(31)13-26)11-18(25(32)30(22)21-6-4-3-5-19(21)28)24-29-20(14-33-24)15-7-9-16(27)10-8-15/h3-11,14H,12-13H2,1-2H3. The largest absolute Gasteiger partial charge is 0.294 e. The third-order valence-electron chi connectivity index (χ3n) is 5.86. The second kappa shape index (κ2) is 8.24. The van der Waals surface area contributed by atoms with E-state index in [1.54, 1.807) is 34.9 Å². The molecule has 0 bridgehead atoms. The van der Waals surface area contributed by atoms with Crippen molar-refractivity contribution in [1.29, 1.82) is 0 Å². The number of thiazole rings is 1. The fourth-order valence-electron chi connectivity index (χ4n) is 4.31. The first-order chi connectivity index (χ1) is 15.7. The van der Waals surface area contributed by atoms with Crippen LogP contribution in [0, 0.1) is 5.41 Å². The van der Waals surface area contributed by atoms with Gasteiger partial charge in [-0.15, -0.1) is 11.3 Å². The number of Topliss-reactive ketones (excluding diaryl/α,β-unsaturated/α-hetero) is 1. The van der Waals surface area contributed by atoms with Gasteiger partial charge in [0.2, 0.25) is 0 Å². The molecule has 7 heteroatoms. The lowest BCUT2D eigenvalue weighted by Crippen LogP contribution is -2.35. The highest BCUT2D eigenvalue weighted by Gasteiger charge is 2.35. The molecule has 0 fully saturated rings. The van der Waals surface area contributed by atoms with Crippen molar-refractivity contribution in [2.75, 3.05) is 0 Å². The first kappa shape index (κ1) is 22.1. The minimum atomic E-state index is -0.246. The Bertz CT molecular complexity index is 1450. The van der Waals surface area contributed by atoms with Gasteiger partial charge in [-0.25, -0.2) is 4.98 Å². The van der Waals surface area contributed by atoms with Crippen molar-refractivity contribution in [2.45, 2.75) is 26.7 Å². The molecule has 4 aromatic rings. The number of rotatable bonds is 3. The van der Waals surface area contributed by atoms with E-state index in [2.05, 4.69) is 0 Å². The van der Waals surface area contributed by atoms with Gasteiger partial charge in [0, 0.05) is 33.6 Å².